The molecule has 2 rings (SSSR count). The highest BCUT2D eigenvalue weighted by Gasteiger charge is 2.27. The molecule has 1 aliphatic carbocycles. The molecule has 1 aromatic rings. The molecule has 1 amide bonds. The second kappa shape index (κ2) is 5.93. The Morgan fingerprint density at radius 3 is 2.79 bits per heavy atom. The van der Waals surface area contributed by atoms with Gasteiger partial charge in [-0.15, -0.1) is 0 Å². The van der Waals surface area contributed by atoms with Crippen LogP contribution in [0, 0.1) is 0 Å². The number of likely N-dealkylation sites (N-methyl/N-ethyl adjacent to an activating group) is 1. The fraction of sp³-hybridized carbons (Fsp3) is 0.500. The summed E-state index contributed by atoms with van der Waals surface area (Å²) in [6.45, 7) is 5.06. The van der Waals surface area contributed by atoms with Crippen molar-refractivity contribution in [1.82, 2.24) is 4.90 Å². The zero-order chi connectivity index (χ0) is 13.8. The molecule has 5 heteroatoms. The topological polar surface area (TPSA) is 84.4 Å². The second-order valence-corrected chi connectivity index (χ2v) is 4.95. The van der Waals surface area contributed by atoms with Crippen molar-refractivity contribution < 1.29 is 4.79 Å². The number of nitrogens with zero attached hydrogens (tertiary/aromatic N) is 1. The van der Waals surface area contributed by atoms with Gasteiger partial charge in [-0.2, -0.15) is 0 Å². The number of primary amides is 1. The molecule has 1 fully saturated rings. The van der Waals surface area contributed by atoms with Gasteiger partial charge in [0.2, 0.25) is 5.91 Å². The van der Waals surface area contributed by atoms with E-state index in [0.717, 1.165) is 31.4 Å². The van der Waals surface area contributed by atoms with Gasteiger partial charge in [0.1, 0.15) is 0 Å². The lowest BCUT2D eigenvalue weighted by Crippen LogP contribution is -2.31. The third-order valence-corrected chi connectivity index (χ3v) is 3.52. The van der Waals surface area contributed by atoms with Gasteiger partial charge in [0.25, 0.3) is 0 Å². The number of nitrogen functional groups attached to an aromatic ring is 1. The largest absolute Gasteiger partial charge is 0.397 e. The highest BCUT2D eigenvalue weighted by molar-refractivity contribution is 5.94. The van der Waals surface area contributed by atoms with Crippen molar-refractivity contribution in [1.29, 1.82) is 0 Å². The predicted molar refractivity (Wildman–Crippen MR) is 78.1 cm³/mol. The molecule has 5 nitrogen and oxygen atoms in total. The van der Waals surface area contributed by atoms with Crippen molar-refractivity contribution in [2.24, 2.45) is 5.73 Å². The number of benzene rings is 1. The Bertz CT molecular complexity index is 457. The summed E-state index contributed by atoms with van der Waals surface area (Å²) in [6.07, 6.45) is 2.63. The number of hydrogen-bond acceptors (Lipinski definition) is 4. The fourth-order valence-corrected chi connectivity index (χ4v) is 2.24. The van der Waals surface area contributed by atoms with Gasteiger partial charge >= 0.3 is 0 Å². The number of nitrogens with one attached hydrogen (secondary N) is 1. The SMILES string of the molecule is CCN(CCNc1cc(C(N)=O)ccc1N)C1CC1. The van der Waals surface area contributed by atoms with Crippen LogP contribution >= 0.6 is 0 Å². The summed E-state index contributed by atoms with van der Waals surface area (Å²) in [5, 5.41) is 3.28. The van der Waals surface area contributed by atoms with Gasteiger partial charge in [-0.1, -0.05) is 6.92 Å². The highest BCUT2D eigenvalue weighted by atomic mass is 16.1. The summed E-state index contributed by atoms with van der Waals surface area (Å²) >= 11 is 0. The molecule has 19 heavy (non-hydrogen) atoms. The zero-order valence-electron chi connectivity index (χ0n) is 11.4. The average molecular weight is 262 g/mol. The summed E-state index contributed by atoms with van der Waals surface area (Å²) in [4.78, 5) is 13.6. The van der Waals surface area contributed by atoms with E-state index < -0.39 is 5.91 Å². The third kappa shape index (κ3) is 3.61. The van der Waals surface area contributed by atoms with E-state index in [1.54, 1.807) is 18.2 Å². The smallest absolute Gasteiger partial charge is 0.248 e. The molecule has 1 aliphatic rings. The van der Waals surface area contributed by atoms with Gasteiger partial charge < -0.3 is 16.8 Å². The number of carbonyl (C=O) groups is 1. The maximum atomic E-state index is 11.1. The first kappa shape index (κ1) is 13.7. The summed E-state index contributed by atoms with van der Waals surface area (Å²) in [7, 11) is 0. The quantitative estimate of drug-likeness (QED) is 0.646. The van der Waals surface area contributed by atoms with Crippen LogP contribution in [0.5, 0.6) is 0 Å². The molecule has 0 atom stereocenters. The first-order valence-electron chi connectivity index (χ1n) is 6.79. The highest BCUT2D eigenvalue weighted by Crippen LogP contribution is 2.26. The Kier molecular flexibility index (Phi) is 4.27. The van der Waals surface area contributed by atoms with Crippen LogP contribution in [-0.2, 0) is 0 Å². The summed E-state index contributed by atoms with van der Waals surface area (Å²) < 4.78 is 0. The van der Waals surface area contributed by atoms with Gasteiger partial charge in [-0.3, -0.25) is 9.69 Å². The zero-order valence-corrected chi connectivity index (χ0v) is 11.4. The first-order chi connectivity index (χ1) is 9.11. The van der Waals surface area contributed by atoms with Crippen LogP contribution in [0.1, 0.15) is 30.1 Å². The van der Waals surface area contributed by atoms with E-state index in [2.05, 4.69) is 17.1 Å². The summed E-state index contributed by atoms with van der Waals surface area (Å²) in [6, 6.07) is 5.83. The monoisotopic (exact) mass is 262 g/mol. The number of carbonyl (C=O) groups excluding carboxylic acids is 1. The van der Waals surface area contributed by atoms with E-state index in [-0.39, 0.29) is 0 Å². The van der Waals surface area contributed by atoms with Crippen LogP contribution in [0.15, 0.2) is 18.2 Å². The fourth-order valence-electron chi connectivity index (χ4n) is 2.24. The van der Waals surface area contributed by atoms with E-state index in [4.69, 9.17) is 11.5 Å². The lowest BCUT2D eigenvalue weighted by atomic mass is 10.1. The summed E-state index contributed by atoms with van der Waals surface area (Å²) in [5.74, 6) is -0.434. The Hall–Kier alpha value is -1.75. The number of anilines is 2. The second-order valence-electron chi connectivity index (χ2n) is 4.95. The van der Waals surface area contributed by atoms with Crippen LogP contribution in [0.3, 0.4) is 0 Å². The molecule has 0 aliphatic heterocycles. The van der Waals surface area contributed by atoms with Crippen LogP contribution in [0.2, 0.25) is 0 Å². The van der Waals surface area contributed by atoms with E-state index in [1.165, 1.54) is 12.8 Å². The van der Waals surface area contributed by atoms with Crippen molar-refractivity contribution in [3.8, 4) is 0 Å². The van der Waals surface area contributed by atoms with Crippen LogP contribution in [0.4, 0.5) is 11.4 Å². The normalized spacial score (nSPS) is 14.6. The molecule has 5 N–H and O–H groups in total. The molecule has 0 heterocycles. The van der Waals surface area contributed by atoms with Gasteiger partial charge in [-0.25, -0.2) is 0 Å². The van der Waals surface area contributed by atoms with Crippen LogP contribution < -0.4 is 16.8 Å². The Balaban J connectivity index is 1.91. The molecule has 0 unspecified atom stereocenters. The van der Waals surface area contributed by atoms with Gasteiger partial charge in [-0.05, 0) is 37.6 Å². The maximum absolute atomic E-state index is 11.1. The molecule has 104 valence electrons. The minimum absolute atomic E-state index is 0.434. The van der Waals surface area contributed by atoms with Crippen molar-refractivity contribution >= 4 is 17.3 Å². The number of amides is 1. The Labute approximate surface area is 113 Å². The van der Waals surface area contributed by atoms with Gasteiger partial charge in [0.05, 0.1) is 11.4 Å². The number of hydrogen-bond donors (Lipinski definition) is 3. The third-order valence-electron chi connectivity index (χ3n) is 3.52. The van der Waals surface area contributed by atoms with E-state index in [9.17, 15) is 4.79 Å². The lowest BCUT2D eigenvalue weighted by Gasteiger charge is -2.20. The molecule has 0 radical (unpaired) electrons. The molecule has 0 spiro atoms. The molecule has 1 aromatic carbocycles. The Morgan fingerprint density at radius 2 is 2.21 bits per heavy atom. The molecule has 1 saturated carbocycles. The lowest BCUT2D eigenvalue weighted by molar-refractivity contribution is 0.100. The van der Waals surface area contributed by atoms with Crippen LogP contribution in [-0.4, -0.2) is 36.5 Å². The molecular formula is C14H22N4O. The molecule has 0 aromatic heterocycles. The standard InChI is InChI=1S/C14H22N4O/c1-2-18(11-4-5-11)8-7-17-13-9-10(14(16)19)3-6-12(13)15/h3,6,9,11,17H,2,4-5,7-8,15H2,1H3,(H2,16,19). The van der Waals surface area contributed by atoms with E-state index in [1.807, 2.05) is 0 Å². The van der Waals surface area contributed by atoms with Gasteiger partial charge in [0, 0.05) is 24.7 Å². The van der Waals surface area contributed by atoms with Crippen LogP contribution in [0.25, 0.3) is 0 Å². The van der Waals surface area contributed by atoms with Gasteiger partial charge in [0.15, 0.2) is 0 Å². The average Bonchev–Trinajstić information content (AvgIpc) is 3.20. The molecule has 0 bridgehead atoms. The number of rotatable bonds is 7. The predicted octanol–water partition coefficient (Wildman–Crippen LogP) is 1.26. The molecule has 0 saturated heterocycles. The van der Waals surface area contributed by atoms with Crippen molar-refractivity contribution in [2.75, 3.05) is 30.7 Å². The minimum Gasteiger partial charge on any atom is -0.397 e. The molecular weight excluding hydrogens is 240 g/mol. The van der Waals surface area contributed by atoms with E-state index >= 15 is 0 Å². The minimum atomic E-state index is -0.434. The van der Waals surface area contributed by atoms with Crippen molar-refractivity contribution in [2.45, 2.75) is 25.8 Å². The van der Waals surface area contributed by atoms with Crippen molar-refractivity contribution in [3.05, 3.63) is 23.8 Å². The number of nitrogens with two attached hydrogens (primary N) is 2. The summed E-state index contributed by atoms with van der Waals surface area (Å²) in [5.41, 5.74) is 13.0. The maximum Gasteiger partial charge on any atom is 0.248 e. The van der Waals surface area contributed by atoms with Crippen molar-refractivity contribution in [3.63, 3.8) is 0 Å². The first-order valence-corrected chi connectivity index (χ1v) is 6.79. The Morgan fingerprint density at radius 1 is 1.47 bits per heavy atom. The van der Waals surface area contributed by atoms with E-state index in [0.29, 0.717) is 11.3 Å².